The van der Waals surface area contributed by atoms with Crippen molar-refractivity contribution in [3.8, 4) is 0 Å². The lowest BCUT2D eigenvalue weighted by atomic mass is 9.84. The Balaban J connectivity index is 1.77. The highest BCUT2D eigenvalue weighted by Gasteiger charge is 2.50. The van der Waals surface area contributed by atoms with E-state index in [0.29, 0.717) is 11.1 Å². The molecule has 1 aliphatic heterocycles. The van der Waals surface area contributed by atoms with Crippen LogP contribution in [0.1, 0.15) is 22.9 Å². The Hall–Kier alpha value is -2.67. The maximum Gasteiger partial charge on any atom is 0.311 e. The number of aromatic amines is 1. The number of hydrogen-bond donors (Lipinski definition) is 5. The summed E-state index contributed by atoms with van der Waals surface area (Å²) in [6.07, 6.45) is 0.775. The van der Waals surface area contributed by atoms with Gasteiger partial charge in [0.15, 0.2) is 5.72 Å². The van der Waals surface area contributed by atoms with Gasteiger partial charge in [-0.15, -0.1) is 0 Å². The fourth-order valence-corrected chi connectivity index (χ4v) is 3.67. The van der Waals surface area contributed by atoms with E-state index in [9.17, 15) is 20.1 Å². The molecule has 0 bridgehead atoms. The minimum Gasteiger partial charge on any atom is -0.481 e. The lowest BCUT2D eigenvalue weighted by Crippen LogP contribution is -2.49. The van der Waals surface area contributed by atoms with Crippen LogP contribution in [0.2, 0.25) is 0 Å². The second kappa shape index (κ2) is 5.70. The molecule has 0 spiro atoms. The molecule has 25 heavy (non-hydrogen) atoms. The Morgan fingerprint density at radius 3 is 2.68 bits per heavy atom. The van der Waals surface area contributed by atoms with Crippen molar-refractivity contribution in [1.29, 1.82) is 0 Å². The van der Waals surface area contributed by atoms with Crippen LogP contribution < -0.4 is 5.32 Å². The zero-order valence-electron chi connectivity index (χ0n) is 13.3. The van der Waals surface area contributed by atoms with Crippen molar-refractivity contribution >= 4 is 16.9 Å². The number of aliphatic hydroxyl groups excluding tert-OH is 1. The molecule has 4 rings (SSSR count). The standard InChI is InChI=1S/C19H18N2O4/c22-17-13-6-1-3-7-14(13)19(25,21-17)15(18(23)24)9-11-10-20-16-8-4-2-5-12(11)16/h1-8,10,15,17,20-22,25H,9H2,(H,23,24). The summed E-state index contributed by atoms with van der Waals surface area (Å²) in [5.74, 6) is -2.30. The number of carboxylic acid groups (broad SMARTS) is 1. The third kappa shape index (κ3) is 2.42. The lowest BCUT2D eigenvalue weighted by Gasteiger charge is -2.31. The Morgan fingerprint density at radius 1 is 1.16 bits per heavy atom. The van der Waals surface area contributed by atoms with Crippen LogP contribution in [-0.2, 0) is 16.9 Å². The van der Waals surface area contributed by atoms with Gasteiger partial charge in [0.05, 0.1) is 0 Å². The topological polar surface area (TPSA) is 106 Å². The molecule has 6 nitrogen and oxygen atoms in total. The first-order valence-electron chi connectivity index (χ1n) is 8.06. The summed E-state index contributed by atoms with van der Waals surface area (Å²) in [6.45, 7) is 0. The molecule has 128 valence electrons. The summed E-state index contributed by atoms with van der Waals surface area (Å²) in [4.78, 5) is 15.1. The SMILES string of the molecule is O=C(O)C(Cc1c[nH]c2ccccc12)C1(O)NC(O)c2ccccc21. The number of aliphatic carboxylic acids is 1. The molecule has 6 heteroatoms. The molecule has 1 aromatic heterocycles. The zero-order valence-corrected chi connectivity index (χ0v) is 13.3. The maximum atomic E-state index is 12.0. The van der Waals surface area contributed by atoms with Crippen LogP contribution in [-0.4, -0.2) is 26.3 Å². The summed E-state index contributed by atoms with van der Waals surface area (Å²) in [7, 11) is 0. The predicted molar refractivity (Wildman–Crippen MR) is 91.6 cm³/mol. The van der Waals surface area contributed by atoms with Crippen LogP contribution in [0.4, 0.5) is 0 Å². The van der Waals surface area contributed by atoms with Gasteiger partial charge >= 0.3 is 5.97 Å². The van der Waals surface area contributed by atoms with Gasteiger partial charge in [-0.2, -0.15) is 0 Å². The van der Waals surface area contributed by atoms with Gasteiger partial charge in [0.25, 0.3) is 0 Å². The number of H-pyrrole nitrogens is 1. The van der Waals surface area contributed by atoms with Crippen molar-refractivity contribution in [3.63, 3.8) is 0 Å². The zero-order chi connectivity index (χ0) is 17.6. The Bertz CT molecular complexity index is 951. The van der Waals surface area contributed by atoms with Crippen molar-refractivity contribution < 1.29 is 20.1 Å². The predicted octanol–water partition coefficient (Wildman–Crippen LogP) is 1.85. The number of para-hydroxylation sites is 1. The molecular weight excluding hydrogens is 320 g/mol. The van der Waals surface area contributed by atoms with Gasteiger partial charge < -0.3 is 20.3 Å². The first-order chi connectivity index (χ1) is 12.0. The van der Waals surface area contributed by atoms with Crippen molar-refractivity contribution in [2.24, 2.45) is 5.92 Å². The number of aromatic nitrogens is 1. The Kier molecular flexibility index (Phi) is 3.61. The summed E-state index contributed by atoms with van der Waals surface area (Å²) in [5.41, 5.74) is 0.760. The van der Waals surface area contributed by atoms with E-state index in [4.69, 9.17) is 0 Å². The van der Waals surface area contributed by atoms with E-state index >= 15 is 0 Å². The summed E-state index contributed by atoms with van der Waals surface area (Å²) < 4.78 is 0. The van der Waals surface area contributed by atoms with Crippen LogP contribution in [0, 0.1) is 5.92 Å². The third-order valence-corrected chi connectivity index (χ3v) is 4.92. The first-order valence-corrected chi connectivity index (χ1v) is 8.06. The number of nitrogens with one attached hydrogen (secondary N) is 2. The monoisotopic (exact) mass is 338 g/mol. The molecule has 0 saturated heterocycles. The lowest BCUT2D eigenvalue weighted by molar-refractivity contribution is -0.158. The largest absolute Gasteiger partial charge is 0.481 e. The minimum atomic E-state index is -1.85. The number of rotatable bonds is 4. The van der Waals surface area contributed by atoms with E-state index in [2.05, 4.69) is 10.3 Å². The molecule has 2 heterocycles. The smallest absolute Gasteiger partial charge is 0.311 e. The van der Waals surface area contributed by atoms with E-state index in [1.807, 2.05) is 24.3 Å². The molecule has 0 saturated carbocycles. The molecule has 3 aromatic rings. The highest BCUT2D eigenvalue weighted by atomic mass is 16.4. The van der Waals surface area contributed by atoms with E-state index in [-0.39, 0.29) is 6.42 Å². The number of benzene rings is 2. The highest BCUT2D eigenvalue weighted by molar-refractivity contribution is 5.84. The van der Waals surface area contributed by atoms with Gasteiger partial charge in [-0.05, 0) is 18.1 Å². The van der Waals surface area contributed by atoms with Gasteiger partial charge in [-0.25, -0.2) is 0 Å². The number of hydrogen-bond acceptors (Lipinski definition) is 4. The second-order valence-corrected chi connectivity index (χ2v) is 6.35. The van der Waals surface area contributed by atoms with Crippen molar-refractivity contribution in [2.45, 2.75) is 18.4 Å². The molecule has 3 atom stereocenters. The molecule has 0 amide bonds. The third-order valence-electron chi connectivity index (χ3n) is 4.92. The Morgan fingerprint density at radius 2 is 1.88 bits per heavy atom. The van der Waals surface area contributed by atoms with Gasteiger partial charge in [0, 0.05) is 28.2 Å². The molecular formula is C19H18N2O4. The molecule has 0 fully saturated rings. The van der Waals surface area contributed by atoms with Gasteiger partial charge in [0.2, 0.25) is 0 Å². The molecule has 5 N–H and O–H groups in total. The van der Waals surface area contributed by atoms with E-state index < -0.39 is 23.8 Å². The number of fused-ring (bicyclic) bond motifs is 2. The molecule has 1 aliphatic rings. The normalized spacial score (nSPS) is 23.5. The quantitative estimate of drug-likeness (QED) is 0.499. The summed E-state index contributed by atoms with van der Waals surface area (Å²) in [5, 5.41) is 34.7. The molecule has 2 aromatic carbocycles. The van der Waals surface area contributed by atoms with Crippen molar-refractivity contribution in [2.75, 3.05) is 0 Å². The summed E-state index contributed by atoms with van der Waals surface area (Å²) in [6, 6.07) is 14.4. The van der Waals surface area contributed by atoms with Crippen LogP contribution in [0.15, 0.2) is 54.7 Å². The number of aliphatic hydroxyl groups is 2. The highest BCUT2D eigenvalue weighted by Crippen LogP contribution is 2.41. The van der Waals surface area contributed by atoms with Crippen molar-refractivity contribution in [1.82, 2.24) is 10.3 Å². The van der Waals surface area contributed by atoms with E-state index in [1.54, 1.807) is 30.5 Å². The van der Waals surface area contributed by atoms with Gasteiger partial charge in [-0.1, -0.05) is 42.5 Å². The Labute approximate surface area is 143 Å². The van der Waals surface area contributed by atoms with Crippen LogP contribution in [0.5, 0.6) is 0 Å². The van der Waals surface area contributed by atoms with Crippen LogP contribution in [0.25, 0.3) is 10.9 Å². The average Bonchev–Trinajstić information content (AvgIpc) is 3.13. The number of carbonyl (C=O) groups is 1. The summed E-state index contributed by atoms with van der Waals surface area (Å²) >= 11 is 0. The maximum absolute atomic E-state index is 12.0. The first kappa shape index (κ1) is 15.8. The van der Waals surface area contributed by atoms with E-state index in [1.165, 1.54) is 0 Å². The minimum absolute atomic E-state index is 0.115. The van der Waals surface area contributed by atoms with Gasteiger partial charge in [0.1, 0.15) is 12.1 Å². The van der Waals surface area contributed by atoms with Crippen LogP contribution >= 0.6 is 0 Å². The van der Waals surface area contributed by atoms with Crippen LogP contribution in [0.3, 0.4) is 0 Å². The molecule has 3 unspecified atom stereocenters. The van der Waals surface area contributed by atoms with E-state index in [0.717, 1.165) is 16.5 Å². The average molecular weight is 338 g/mol. The number of carboxylic acids is 1. The van der Waals surface area contributed by atoms with Gasteiger partial charge in [-0.3, -0.25) is 10.1 Å². The van der Waals surface area contributed by atoms with Crippen molar-refractivity contribution in [3.05, 3.63) is 71.4 Å². The second-order valence-electron chi connectivity index (χ2n) is 6.35. The molecule has 0 radical (unpaired) electrons. The fourth-order valence-electron chi connectivity index (χ4n) is 3.67. The molecule has 0 aliphatic carbocycles. The fraction of sp³-hybridized carbons (Fsp3) is 0.211.